The van der Waals surface area contributed by atoms with E-state index in [1.165, 1.54) is 18.2 Å². The van der Waals surface area contributed by atoms with E-state index in [9.17, 15) is 4.39 Å². The monoisotopic (exact) mass is 198 g/mol. The van der Waals surface area contributed by atoms with Crippen LogP contribution in [0.5, 0.6) is 5.75 Å². The van der Waals surface area contributed by atoms with Crippen molar-refractivity contribution < 1.29 is 9.13 Å². The number of rotatable bonds is 2. The van der Waals surface area contributed by atoms with Crippen LogP contribution in [0.25, 0.3) is 0 Å². The molecule has 0 aliphatic carbocycles. The van der Waals surface area contributed by atoms with E-state index >= 15 is 0 Å². The Morgan fingerprint density at radius 3 is 3.00 bits per heavy atom. The van der Waals surface area contributed by atoms with E-state index in [0.717, 1.165) is 0 Å². The Labute approximate surface area is 81.5 Å². The number of hydrogen-bond donors (Lipinski definition) is 0. The summed E-state index contributed by atoms with van der Waals surface area (Å²) in [6.45, 7) is 1.87. The molecule has 0 aliphatic rings. The molecule has 0 heterocycles. The summed E-state index contributed by atoms with van der Waals surface area (Å²) in [5.74, 6) is 5.01. The van der Waals surface area contributed by atoms with Crippen LogP contribution < -0.4 is 4.74 Å². The molecule has 1 nitrogen and oxygen atoms in total. The van der Waals surface area contributed by atoms with Crippen molar-refractivity contribution >= 4 is 11.6 Å². The molecule has 0 bridgehead atoms. The number of hydrogen-bond acceptors (Lipinski definition) is 1. The van der Waals surface area contributed by atoms with Crippen LogP contribution in [0, 0.1) is 17.7 Å². The van der Waals surface area contributed by atoms with Crippen molar-refractivity contribution in [3.63, 3.8) is 0 Å². The highest BCUT2D eigenvalue weighted by molar-refractivity contribution is 6.30. The first kappa shape index (κ1) is 9.88. The lowest BCUT2D eigenvalue weighted by Gasteiger charge is -2.03. The van der Waals surface area contributed by atoms with Gasteiger partial charge in [-0.25, -0.2) is 4.39 Å². The molecule has 13 heavy (non-hydrogen) atoms. The third kappa shape index (κ3) is 2.96. The average molecular weight is 199 g/mol. The molecule has 0 spiro atoms. The Hall–Kier alpha value is -1.20. The van der Waals surface area contributed by atoms with Gasteiger partial charge in [0.2, 0.25) is 0 Å². The topological polar surface area (TPSA) is 9.23 Å². The molecule has 1 rings (SSSR count). The van der Waals surface area contributed by atoms with E-state index in [1.807, 2.05) is 0 Å². The fourth-order valence-electron chi connectivity index (χ4n) is 0.774. The van der Waals surface area contributed by atoms with Crippen molar-refractivity contribution in [2.24, 2.45) is 0 Å². The Kier molecular flexibility index (Phi) is 3.60. The second-order valence-corrected chi connectivity index (χ2v) is 2.73. The van der Waals surface area contributed by atoms with Crippen LogP contribution in [-0.4, -0.2) is 6.61 Å². The van der Waals surface area contributed by atoms with Crippen molar-refractivity contribution in [1.29, 1.82) is 0 Å². The van der Waals surface area contributed by atoms with E-state index in [4.69, 9.17) is 16.3 Å². The van der Waals surface area contributed by atoms with Crippen molar-refractivity contribution in [3.05, 3.63) is 29.0 Å². The molecule has 0 aliphatic heterocycles. The summed E-state index contributed by atoms with van der Waals surface area (Å²) < 4.78 is 18.0. The summed E-state index contributed by atoms with van der Waals surface area (Å²) in [5.41, 5.74) is 0. The third-order valence-corrected chi connectivity index (χ3v) is 1.60. The summed E-state index contributed by atoms with van der Waals surface area (Å²) in [6, 6.07) is 4.15. The van der Waals surface area contributed by atoms with Crippen LogP contribution in [0.1, 0.15) is 6.92 Å². The molecule has 0 saturated carbocycles. The lowest BCUT2D eigenvalue weighted by molar-refractivity contribution is 0.348. The zero-order valence-electron chi connectivity index (χ0n) is 7.10. The Bertz CT molecular complexity index is 352. The maximum absolute atomic E-state index is 13.0. The summed E-state index contributed by atoms with van der Waals surface area (Å²) in [5, 5.41) is 0.445. The van der Waals surface area contributed by atoms with Crippen LogP contribution in [0.15, 0.2) is 18.2 Å². The van der Waals surface area contributed by atoms with E-state index in [0.29, 0.717) is 5.02 Å². The predicted molar refractivity (Wildman–Crippen MR) is 50.4 cm³/mol. The average Bonchev–Trinajstić information content (AvgIpc) is 2.11. The minimum Gasteiger partial charge on any atom is -0.478 e. The largest absolute Gasteiger partial charge is 0.478 e. The van der Waals surface area contributed by atoms with Crippen molar-refractivity contribution in [2.75, 3.05) is 6.61 Å². The molecule has 68 valence electrons. The van der Waals surface area contributed by atoms with Crippen LogP contribution in [-0.2, 0) is 0 Å². The molecule has 0 amide bonds. The quantitative estimate of drug-likeness (QED) is 0.664. The molecule has 0 aromatic heterocycles. The normalized spacial score (nSPS) is 8.85. The van der Waals surface area contributed by atoms with Gasteiger partial charge in [-0.15, -0.1) is 5.92 Å². The molecule has 0 radical (unpaired) electrons. The van der Waals surface area contributed by atoms with Gasteiger partial charge in [0.1, 0.15) is 6.61 Å². The van der Waals surface area contributed by atoms with Gasteiger partial charge in [0.15, 0.2) is 11.6 Å². The molecule has 0 unspecified atom stereocenters. The van der Waals surface area contributed by atoms with Crippen LogP contribution in [0.4, 0.5) is 4.39 Å². The molecular formula is C10H8ClFO. The van der Waals surface area contributed by atoms with E-state index < -0.39 is 5.82 Å². The van der Waals surface area contributed by atoms with Gasteiger partial charge in [0.05, 0.1) is 0 Å². The molecule has 1 aromatic rings. The fraction of sp³-hybridized carbons (Fsp3) is 0.200. The number of halogens is 2. The zero-order valence-corrected chi connectivity index (χ0v) is 7.86. The van der Waals surface area contributed by atoms with Gasteiger partial charge in [0.25, 0.3) is 0 Å². The SMILES string of the molecule is CC#CCOc1cc(Cl)ccc1F. The Balaban J connectivity index is 2.73. The molecular weight excluding hydrogens is 191 g/mol. The highest BCUT2D eigenvalue weighted by Gasteiger charge is 2.02. The van der Waals surface area contributed by atoms with E-state index in [1.54, 1.807) is 6.92 Å². The first-order chi connectivity index (χ1) is 6.24. The fourth-order valence-corrected chi connectivity index (χ4v) is 0.936. The van der Waals surface area contributed by atoms with Crippen LogP contribution in [0.3, 0.4) is 0 Å². The Morgan fingerprint density at radius 1 is 1.54 bits per heavy atom. The van der Waals surface area contributed by atoms with Gasteiger partial charge in [-0.3, -0.25) is 0 Å². The van der Waals surface area contributed by atoms with Crippen molar-refractivity contribution in [3.8, 4) is 17.6 Å². The van der Waals surface area contributed by atoms with Gasteiger partial charge in [-0.2, -0.15) is 0 Å². The Morgan fingerprint density at radius 2 is 2.31 bits per heavy atom. The van der Waals surface area contributed by atoms with Crippen LogP contribution >= 0.6 is 11.6 Å². The first-order valence-electron chi connectivity index (χ1n) is 3.71. The molecule has 3 heteroatoms. The molecule has 0 fully saturated rings. The van der Waals surface area contributed by atoms with E-state index in [-0.39, 0.29) is 12.4 Å². The van der Waals surface area contributed by atoms with Crippen molar-refractivity contribution in [1.82, 2.24) is 0 Å². The third-order valence-electron chi connectivity index (χ3n) is 1.37. The van der Waals surface area contributed by atoms with Gasteiger partial charge in [0, 0.05) is 11.1 Å². The molecule has 1 aromatic carbocycles. The molecule has 0 atom stereocenters. The van der Waals surface area contributed by atoms with Crippen molar-refractivity contribution in [2.45, 2.75) is 6.92 Å². The highest BCUT2D eigenvalue weighted by Crippen LogP contribution is 2.21. The second-order valence-electron chi connectivity index (χ2n) is 2.29. The summed E-state index contributed by atoms with van der Waals surface area (Å²) >= 11 is 5.65. The van der Waals surface area contributed by atoms with Gasteiger partial charge >= 0.3 is 0 Å². The smallest absolute Gasteiger partial charge is 0.165 e. The van der Waals surface area contributed by atoms with Crippen LogP contribution in [0.2, 0.25) is 5.02 Å². The standard InChI is InChI=1S/C10H8ClFO/c1-2-3-6-13-10-7-8(11)4-5-9(10)12/h4-5,7H,6H2,1H3. The zero-order chi connectivity index (χ0) is 9.68. The van der Waals surface area contributed by atoms with Gasteiger partial charge in [-0.05, 0) is 19.1 Å². The summed E-state index contributed by atoms with van der Waals surface area (Å²) in [7, 11) is 0. The first-order valence-corrected chi connectivity index (χ1v) is 4.09. The van der Waals surface area contributed by atoms with Gasteiger partial charge in [-0.1, -0.05) is 17.5 Å². The number of ether oxygens (including phenoxy) is 1. The minimum atomic E-state index is -0.428. The second kappa shape index (κ2) is 4.74. The maximum Gasteiger partial charge on any atom is 0.165 e. The summed E-state index contributed by atoms with van der Waals surface area (Å²) in [4.78, 5) is 0. The molecule has 0 saturated heterocycles. The van der Waals surface area contributed by atoms with E-state index in [2.05, 4.69) is 11.8 Å². The maximum atomic E-state index is 13.0. The lowest BCUT2D eigenvalue weighted by Crippen LogP contribution is -1.96. The predicted octanol–water partition coefficient (Wildman–Crippen LogP) is 2.88. The summed E-state index contributed by atoms with van der Waals surface area (Å²) in [6.07, 6.45) is 0. The minimum absolute atomic E-state index is 0.134. The van der Waals surface area contributed by atoms with Gasteiger partial charge < -0.3 is 4.74 Å². The molecule has 0 N–H and O–H groups in total. The lowest BCUT2D eigenvalue weighted by atomic mass is 10.3. The number of benzene rings is 1. The highest BCUT2D eigenvalue weighted by atomic mass is 35.5.